The highest BCUT2D eigenvalue weighted by atomic mass is 32.2. The largest absolute Gasteiger partial charge is 0.504 e. The normalized spacial score (nSPS) is 35.6. The number of cyclic esters (lactones) is 1. The Morgan fingerprint density at radius 1 is 0.981 bits per heavy atom. The minimum atomic E-state index is -1.66. The van der Waals surface area contributed by atoms with Gasteiger partial charge in [-0.3, -0.25) is 19.4 Å². The third-order valence-corrected chi connectivity index (χ3v) is 14.3. The van der Waals surface area contributed by atoms with E-state index in [-0.39, 0.29) is 28.8 Å². The molecule has 0 saturated carbocycles. The molecular formula is C38H49N3O10S. The number of phenols is 2. The monoisotopic (exact) mass is 739 g/mol. The Morgan fingerprint density at radius 3 is 2.19 bits per heavy atom. The molecule has 4 aliphatic heterocycles. The van der Waals surface area contributed by atoms with Crippen LogP contribution in [0.15, 0.2) is 6.07 Å². The zero-order valence-corrected chi connectivity index (χ0v) is 32.6. The highest BCUT2D eigenvalue weighted by molar-refractivity contribution is 7.99. The fourth-order valence-corrected chi connectivity index (χ4v) is 12.8. The number of aryl methyl sites for hydroxylation is 1. The van der Waals surface area contributed by atoms with E-state index in [4.69, 9.17) is 18.9 Å². The number of aromatic hydroxyl groups is 2. The minimum absolute atomic E-state index is 0.0570. The molecule has 13 nitrogen and oxygen atoms in total. The van der Waals surface area contributed by atoms with Crippen LogP contribution in [0.2, 0.25) is 0 Å². The Kier molecular flexibility index (Phi) is 8.03. The van der Waals surface area contributed by atoms with Gasteiger partial charge in [0.15, 0.2) is 23.0 Å². The average Bonchev–Trinajstić information content (AvgIpc) is 3.15. The summed E-state index contributed by atoms with van der Waals surface area (Å²) in [7, 11) is 4.93. The van der Waals surface area contributed by atoms with Gasteiger partial charge >= 0.3 is 11.9 Å². The fourth-order valence-electron chi connectivity index (χ4n) is 11.3. The minimum Gasteiger partial charge on any atom is -0.504 e. The number of ether oxygens (including phenoxy) is 4. The quantitative estimate of drug-likeness (QED) is 0.266. The molecule has 1 aliphatic carbocycles. The van der Waals surface area contributed by atoms with E-state index in [1.165, 1.54) is 39.8 Å². The van der Waals surface area contributed by atoms with Crippen LogP contribution in [0, 0.1) is 13.8 Å². The maximum absolute atomic E-state index is 13.9. The van der Waals surface area contributed by atoms with Gasteiger partial charge in [-0.2, -0.15) is 0 Å². The summed E-state index contributed by atoms with van der Waals surface area (Å²) in [5, 5.41) is 39.6. The molecule has 1 amide bonds. The van der Waals surface area contributed by atoms with Gasteiger partial charge in [0.1, 0.15) is 23.1 Å². The summed E-state index contributed by atoms with van der Waals surface area (Å²) in [6.07, 6.45) is 0. The summed E-state index contributed by atoms with van der Waals surface area (Å²) in [6, 6.07) is -1.58. The van der Waals surface area contributed by atoms with Gasteiger partial charge in [-0.25, -0.2) is 4.79 Å². The summed E-state index contributed by atoms with van der Waals surface area (Å²) >= 11 is 1.35. The molecule has 2 aromatic carbocycles. The number of esters is 2. The number of benzene rings is 2. The SMILES string of the molecule is COc1c(C)cc2c(c1O)C1(C)C3C4[C@@H]5SC[C@H](NC(C)=O)C(=O)OC(C)(C)C(c6c(O)c(OC)c(C)c(OC(C)=O)c65)N4C(C)(O)[C@@H](N3C)C21C. The predicted octanol–water partition coefficient (Wildman–Crippen LogP) is 3.63. The Morgan fingerprint density at radius 2 is 1.62 bits per heavy atom. The molecule has 0 aromatic heterocycles. The molecule has 9 atom stereocenters. The number of piperazine rings is 1. The van der Waals surface area contributed by atoms with Crippen molar-refractivity contribution in [3.05, 3.63) is 39.4 Å². The average molecular weight is 740 g/mol. The fraction of sp³-hybridized carbons (Fsp3) is 0.605. The third-order valence-electron chi connectivity index (χ3n) is 12.9. The van der Waals surface area contributed by atoms with E-state index < -0.39 is 75.5 Å². The second-order valence-corrected chi connectivity index (χ2v) is 17.3. The van der Waals surface area contributed by atoms with Crippen molar-refractivity contribution in [1.82, 2.24) is 15.1 Å². The van der Waals surface area contributed by atoms with Crippen molar-refractivity contribution in [3.63, 3.8) is 0 Å². The molecule has 4 bridgehead atoms. The van der Waals surface area contributed by atoms with Crippen LogP contribution in [-0.4, -0.2) is 105 Å². The van der Waals surface area contributed by atoms with E-state index in [1.54, 1.807) is 27.7 Å². The first-order valence-electron chi connectivity index (χ1n) is 17.5. The molecule has 2 aromatic rings. The van der Waals surface area contributed by atoms with Crippen LogP contribution in [0.3, 0.4) is 0 Å². The lowest BCUT2D eigenvalue weighted by Gasteiger charge is -2.64. The van der Waals surface area contributed by atoms with E-state index in [0.29, 0.717) is 22.4 Å². The molecule has 3 saturated heterocycles. The van der Waals surface area contributed by atoms with Gasteiger partial charge in [-0.1, -0.05) is 19.9 Å². The van der Waals surface area contributed by atoms with Crippen LogP contribution in [0.1, 0.15) is 93.1 Å². The molecule has 14 heteroatoms. The van der Waals surface area contributed by atoms with E-state index in [2.05, 4.69) is 24.1 Å². The zero-order chi connectivity index (χ0) is 38.4. The molecule has 282 valence electrons. The van der Waals surface area contributed by atoms with Crippen LogP contribution in [0.25, 0.3) is 0 Å². The highest BCUT2D eigenvalue weighted by Crippen LogP contribution is 2.76. The smallest absolute Gasteiger partial charge is 0.330 e. The zero-order valence-electron chi connectivity index (χ0n) is 31.8. The first-order valence-corrected chi connectivity index (χ1v) is 18.6. The van der Waals surface area contributed by atoms with Crippen molar-refractivity contribution in [2.75, 3.05) is 27.0 Å². The number of carbonyl (C=O) groups is 3. The van der Waals surface area contributed by atoms with E-state index >= 15 is 0 Å². The summed E-state index contributed by atoms with van der Waals surface area (Å²) in [4.78, 5) is 43.3. The van der Waals surface area contributed by atoms with Gasteiger partial charge < -0.3 is 39.6 Å². The summed E-state index contributed by atoms with van der Waals surface area (Å²) in [5.74, 6) is -1.06. The number of phenolic OH excluding ortho intramolecular Hbond substituents is 2. The van der Waals surface area contributed by atoms with Crippen LogP contribution in [0.5, 0.6) is 28.7 Å². The lowest BCUT2D eigenvalue weighted by Crippen LogP contribution is -2.76. The topological polar surface area (TPSA) is 167 Å². The van der Waals surface area contributed by atoms with Gasteiger partial charge in [0, 0.05) is 64.8 Å². The number of likely N-dealkylation sites (N-methyl/N-ethyl adjacent to an activating group) is 1. The number of hydrogen-bond acceptors (Lipinski definition) is 13. The third kappa shape index (κ3) is 4.26. The standard InChI is InChI=1S/C38H49N3O10S/c1-15-13-19-23(26(45)27(15)48-11)37(8)32-24-30-22-21(25(44)29(49-12)16(2)28(22)50-18(4)43)31(41(24)38(9,47)34(40(32)10)36(19,37)7)35(5,6)51-33(46)20(14-52-30)39-17(3)42/h13,20,24,30-32,34,44-45,47H,14H2,1-12H3,(H,39,42)/t20-,24?,30+,31?,32?,34-,36?,37?,38?/m0/s1. The number of nitrogens with zero attached hydrogens (tertiary/aromatic N) is 2. The number of aliphatic hydroxyl groups is 1. The highest BCUT2D eigenvalue weighted by Gasteiger charge is 2.82. The predicted molar refractivity (Wildman–Crippen MR) is 192 cm³/mol. The molecule has 4 heterocycles. The molecule has 5 aliphatic rings. The van der Waals surface area contributed by atoms with Crippen molar-refractivity contribution >= 4 is 29.6 Å². The Hall–Kier alpha value is -3.72. The Bertz CT molecular complexity index is 1950. The number of hydrogen-bond donors (Lipinski definition) is 4. The van der Waals surface area contributed by atoms with E-state index in [1.807, 2.05) is 24.9 Å². The lowest BCUT2D eigenvalue weighted by atomic mass is 9.44. The maximum Gasteiger partial charge on any atom is 0.330 e. The van der Waals surface area contributed by atoms with Crippen molar-refractivity contribution in [1.29, 1.82) is 0 Å². The number of nitrogens with one attached hydrogen (secondary N) is 1. The van der Waals surface area contributed by atoms with Crippen LogP contribution in [0.4, 0.5) is 0 Å². The number of carbonyl (C=O) groups excluding carboxylic acids is 3. The molecule has 3 fully saturated rings. The lowest BCUT2D eigenvalue weighted by molar-refractivity contribution is -0.247. The van der Waals surface area contributed by atoms with Crippen LogP contribution < -0.4 is 19.5 Å². The van der Waals surface area contributed by atoms with Crippen molar-refractivity contribution < 1.29 is 48.7 Å². The summed E-state index contributed by atoms with van der Waals surface area (Å²) in [5.41, 5.74) is -0.961. The first kappa shape index (κ1) is 36.6. The van der Waals surface area contributed by atoms with Gasteiger partial charge in [-0.05, 0) is 52.8 Å². The number of fused-ring (bicyclic) bond motifs is 11. The molecule has 0 radical (unpaired) electrons. The van der Waals surface area contributed by atoms with Gasteiger partial charge in [0.2, 0.25) is 5.91 Å². The summed E-state index contributed by atoms with van der Waals surface area (Å²) < 4.78 is 23.8. The molecule has 6 unspecified atom stereocenters. The second-order valence-electron chi connectivity index (χ2n) is 16.1. The Labute approximate surface area is 307 Å². The van der Waals surface area contributed by atoms with Crippen LogP contribution >= 0.6 is 11.8 Å². The van der Waals surface area contributed by atoms with Gasteiger partial charge in [0.05, 0.1) is 31.6 Å². The number of rotatable bonds is 4. The maximum atomic E-state index is 13.9. The van der Waals surface area contributed by atoms with E-state index in [9.17, 15) is 29.7 Å². The number of amides is 1. The van der Waals surface area contributed by atoms with Gasteiger partial charge in [0.25, 0.3) is 0 Å². The molecule has 52 heavy (non-hydrogen) atoms. The van der Waals surface area contributed by atoms with Crippen molar-refractivity contribution in [2.45, 2.75) is 120 Å². The van der Waals surface area contributed by atoms with Crippen LogP contribution in [-0.2, 0) is 30.0 Å². The number of thioether (sulfide) groups is 1. The van der Waals surface area contributed by atoms with Crippen molar-refractivity contribution in [2.24, 2.45) is 0 Å². The van der Waals surface area contributed by atoms with E-state index in [0.717, 1.165) is 16.7 Å². The Balaban J connectivity index is 1.61. The molecule has 4 N–H and O–H groups in total. The first-order chi connectivity index (χ1) is 24.1. The molecule has 0 spiro atoms. The summed E-state index contributed by atoms with van der Waals surface area (Å²) in [6.45, 7) is 15.7. The number of methoxy groups -OCH3 is 2. The van der Waals surface area contributed by atoms with Crippen molar-refractivity contribution in [3.8, 4) is 28.7 Å². The van der Waals surface area contributed by atoms with Gasteiger partial charge in [-0.15, -0.1) is 11.8 Å². The second kappa shape index (κ2) is 11.4. The molecular weight excluding hydrogens is 690 g/mol. The molecule has 7 rings (SSSR count).